The van der Waals surface area contributed by atoms with Gasteiger partial charge in [0.15, 0.2) is 23.3 Å². The number of aryl methyl sites for hydroxylation is 2. The Balaban J connectivity index is 0.00000341. The Morgan fingerprint density at radius 3 is 2.48 bits per heavy atom. The third-order valence-corrected chi connectivity index (χ3v) is 6.37. The van der Waals surface area contributed by atoms with Gasteiger partial charge in [0.1, 0.15) is 0 Å². The number of anilines is 1. The van der Waals surface area contributed by atoms with E-state index >= 15 is 0 Å². The molecule has 1 heterocycles. The second-order valence-electron chi connectivity index (χ2n) is 7.14. The Labute approximate surface area is 193 Å². The number of benzene rings is 2. The van der Waals surface area contributed by atoms with Crippen LogP contribution in [0.2, 0.25) is 0 Å². The average molecular weight is 466 g/mol. The van der Waals surface area contributed by atoms with E-state index in [0.29, 0.717) is 11.7 Å². The maximum atomic E-state index is 13.9. The van der Waals surface area contributed by atoms with Crippen molar-refractivity contribution in [3.8, 4) is 5.75 Å². The molecule has 0 spiro atoms. The van der Waals surface area contributed by atoms with Crippen molar-refractivity contribution in [3.05, 3.63) is 53.3 Å². The highest BCUT2D eigenvalue weighted by Gasteiger charge is 2.22. The number of nitrogens with zero attached hydrogens (tertiary/aromatic N) is 3. The second kappa shape index (κ2) is 11.4. The second-order valence-corrected chi connectivity index (χ2v) is 8.15. The van der Waals surface area contributed by atoms with Crippen LogP contribution in [0.1, 0.15) is 25.0 Å². The molecule has 0 saturated carbocycles. The highest BCUT2D eigenvalue weighted by Crippen LogP contribution is 2.32. The number of ether oxygens (including phenoxy) is 1. The lowest BCUT2D eigenvalue weighted by molar-refractivity contribution is -0.120. The maximum absolute atomic E-state index is 13.9. The molecule has 8 heteroatoms. The minimum Gasteiger partial charge on any atom is -0.481 e. The fourth-order valence-electron chi connectivity index (χ4n) is 3.22. The van der Waals surface area contributed by atoms with Crippen molar-refractivity contribution in [3.63, 3.8) is 0 Å². The molecule has 0 aliphatic rings. The molecule has 1 aromatic heterocycles. The predicted molar refractivity (Wildman–Crippen MR) is 128 cm³/mol. The molecule has 0 radical (unpaired) electrons. The summed E-state index contributed by atoms with van der Waals surface area (Å²) in [4.78, 5) is 21.8. The summed E-state index contributed by atoms with van der Waals surface area (Å²) < 4.78 is 20.4. The molecule has 0 atom stereocenters. The molecule has 3 rings (SSSR count). The summed E-state index contributed by atoms with van der Waals surface area (Å²) in [6.45, 7) is 11.1. The minimum absolute atomic E-state index is 0. The van der Waals surface area contributed by atoms with E-state index in [0.717, 1.165) is 35.4 Å². The van der Waals surface area contributed by atoms with Gasteiger partial charge < -0.3 is 9.64 Å². The molecule has 0 aliphatic carbocycles. The van der Waals surface area contributed by atoms with Gasteiger partial charge in [-0.25, -0.2) is 9.37 Å². The quantitative estimate of drug-likeness (QED) is 0.434. The van der Waals surface area contributed by atoms with Gasteiger partial charge in [0.05, 0.1) is 10.2 Å². The van der Waals surface area contributed by atoms with Crippen molar-refractivity contribution in [2.75, 3.05) is 37.7 Å². The normalized spacial score (nSPS) is 10.9. The Kier molecular flexibility index (Phi) is 9.22. The molecule has 0 saturated heterocycles. The zero-order valence-corrected chi connectivity index (χ0v) is 20.0. The van der Waals surface area contributed by atoms with Gasteiger partial charge in [0.25, 0.3) is 5.91 Å². The van der Waals surface area contributed by atoms with E-state index < -0.39 is 5.82 Å². The number of carbonyl (C=O) groups excluding carboxylic acids is 1. The molecular formula is C23H29ClFN3O2S. The molecule has 0 fully saturated rings. The van der Waals surface area contributed by atoms with Crippen LogP contribution in [0.5, 0.6) is 5.75 Å². The minimum atomic E-state index is -0.480. The van der Waals surface area contributed by atoms with E-state index in [1.165, 1.54) is 29.0 Å². The molecule has 0 N–H and O–H groups in total. The standard InChI is InChI=1S/C23H28FN3O2S.ClH/c1-5-26(6-2)13-14-27(21(28)15-29-19-10-8-7-9-18(19)24)23-25-22-17(4)16(3)11-12-20(22)30-23;/h7-12H,5-6,13-15H2,1-4H3;1H. The number of halogens is 2. The number of thiazole rings is 1. The van der Waals surface area contributed by atoms with Crippen molar-refractivity contribution in [1.29, 1.82) is 0 Å². The molecule has 0 bridgehead atoms. The summed E-state index contributed by atoms with van der Waals surface area (Å²) in [6.07, 6.45) is 0. The van der Waals surface area contributed by atoms with E-state index in [-0.39, 0.29) is 30.7 Å². The number of likely N-dealkylation sites (N-methyl/N-ethyl adjacent to an activating group) is 1. The first-order chi connectivity index (χ1) is 14.4. The molecule has 3 aromatic rings. The van der Waals surface area contributed by atoms with Crippen LogP contribution >= 0.6 is 23.7 Å². The monoisotopic (exact) mass is 465 g/mol. The van der Waals surface area contributed by atoms with Crippen LogP contribution < -0.4 is 9.64 Å². The summed E-state index contributed by atoms with van der Waals surface area (Å²) in [6, 6.07) is 10.2. The van der Waals surface area contributed by atoms with E-state index in [4.69, 9.17) is 9.72 Å². The van der Waals surface area contributed by atoms with Gasteiger partial charge in [-0.2, -0.15) is 0 Å². The van der Waals surface area contributed by atoms with Crippen LogP contribution in [-0.2, 0) is 4.79 Å². The summed E-state index contributed by atoms with van der Waals surface area (Å²) in [5, 5.41) is 0.646. The SMILES string of the molecule is CCN(CC)CCN(C(=O)COc1ccccc1F)c1nc2c(C)c(C)ccc2s1.Cl. The smallest absolute Gasteiger partial charge is 0.266 e. The number of carbonyl (C=O) groups is 1. The molecule has 5 nitrogen and oxygen atoms in total. The van der Waals surface area contributed by atoms with Crippen molar-refractivity contribution in [2.45, 2.75) is 27.7 Å². The van der Waals surface area contributed by atoms with E-state index in [2.05, 4.69) is 31.7 Å². The van der Waals surface area contributed by atoms with Gasteiger partial charge >= 0.3 is 0 Å². The van der Waals surface area contributed by atoms with Crippen LogP contribution in [0.4, 0.5) is 9.52 Å². The van der Waals surface area contributed by atoms with Crippen LogP contribution in [0, 0.1) is 19.7 Å². The van der Waals surface area contributed by atoms with Crippen molar-refractivity contribution >= 4 is 45.0 Å². The number of hydrogen-bond acceptors (Lipinski definition) is 5. The molecule has 31 heavy (non-hydrogen) atoms. The molecule has 1 amide bonds. The first-order valence-electron chi connectivity index (χ1n) is 10.2. The van der Waals surface area contributed by atoms with Crippen molar-refractivity contribution < 1.29 is 13.9 Å². The lowest BCUT2D eigenvalue weighted by Crippen LogP contribution is -2.41. The van der Waals surface area contributed by atoms with Gasteiger partial charge in [0.2, 0.25) is 0 Å². The molecule has 2 aromatic carbocycles. The Hall–Kier alpha value is -2.22. The average Bonchev–Trinajstić information content (AvgIpc) is 3.18. The van der Waals surface area contributed by atoms with Crippen LogP contribution in [-0.4, -0.2) is 48.6 Å². The van der Waals surface area contributed by atoms with Gasteiger partial charge in [0, 0.05) is 13.1 Å². The number of hydrogen-bond donors (Lipinski definition) is 0. The molecule has 168 valence electrons. The number of amides is 1. The van der Waals surface area contributed by atoms with Crippen LogP contribution in [0.25, 0.3) is 10.2 Å². The predicted octanol–water partition coefficient (Wildman–Crippen LogP) is 5.23. The summed E-state index contributed by atoms with van der Waals surface area (Å²) in [5.74, 6) is -0.643. The zero-order valence-electron chi connectivity index (χ0n) is 18.4. The Bertz CT molecular complexity index is 1020. The van der Waals surface area contributed by atoms with Crippen molar-refractivity contribution in [2.24, 2.45) is 0 Å². The lowest BCUT2D eigenvalue weighted by atomic mass is 10.1. The fourth-order valence-corrected chi connectivity index (χ4v) is 4.29. The number of rotatable bonds is 9. The van der Waals surface area contributed by atoms with Gasteiger partial charge in [-0.05, 0) is 56.3 Å². The van der Waals surface area contributed by atoms with Crippen LogP contribution in [0.15, 0.2) is 36.4 Å². The Morgan fingerprint density at radius 1 is 1.10 bits per heavy atom. The highest BCUT2D eigenvalue weighted by atomic mass is 35.5. The van der Waals surface area contributed by atoms with Gasteiger partial charge in [-0.1, -0.05) is 43.4 Å². The van der Waals surface area contributed by atoms with Crippen molar-refractivity contribution in [1.82, 2.24) is 9.88 Å². The third-order valence-electron chi connectivity index (χ3n) is 5.33. The summed E-state index contributed by atoms with van der Waals surface area (Å²) >= 11 is 1.49. The highest BCUT2D eigenvalue weighted by molar-refractivity contribution is 7.22. The molecule has 0 aliphatic heterocycles. The topological polar surface area (TPSA) is 45.7 Å². The van der Waals surface area contributed by atoms with Crippen LogP contribution in [0.3, 0.4) is 0 Å². The zero-order chi connectivity index (χ0) is 21.7. The Morgan fingerprint density at radius 2 is 1.81 bits per heavy atom. The fraction of sp³-hybridized carbons (Fsp3) is 0.391. The summed E-state index contributed by atoms with van der Waals surface area (Å²) in [7, 11) is 0. The summed E-state index contributed by atoms with van der Waals surface area (Å²) in [5.41, 5.74) is 3.21. The largest absolute Gasteiger partial charge is 0.481 e. The number of fused-ring (bicyclic) bond motifs is 1. The first kappa shape index (κ1) is 25.0. The van der Waals surface area contributed by atoms with Gasteiger partial charge in [-0.15, -0.1) is 12.4 Å². The number of aromatic nitrogens is 1. The number of para-hydroxylation sites is 1. The van der Waals surface area contributed by atoms with Gasteiger partial charge in [-0.3, -0.25) is 9.69 Å². The third kappa shape index (κ3) is 5.93. The maximum Gasteiger partial charge on any atom is 0.266 e. The van der Waals surface area contributed by atoms with E-state index in [9.17, 15) is 9.18 Å². The molecular weight excluding hydrogens is 437 g/mol. The van der Waals surface area contributed by atoms with E-state index in [1.807, 2.05) is 13.0 Å². The first-order valence-corrected chi connectivity index (χ1v) is 11.0. The molecule has 0 unspecified atom stereocenters. The lowest BCUT2D eigenvalue weighted by Gasteiger charge is -2.24. The van der Waals surface area contributed by atoms with E-state index in [1.54, 1.807) is 17.0 Å².